The summed E-state index contributed by atoms with van der Waals surface area (Å²) in [6.07, 6.45) is 1.61. The van der Waals surface area contributed by atoms with E-state index in [0.29, 0.717) is 5.69 Å². The summed E-state index contributed by atoms with van der Waals surface area (Å²) in [4.78, 5) is 23.8. The molecule has 6 heteroatoms. The van der Waals surface area contributed by atoms with E-state index in [1.54, 1.807) is 12.1 Å². The van der Waals surface area contributed by atoms with Crippen LogP contribution in [0, 0.1) is 32.1 Å². The van der Waals surface area contributed by atoms with Crippen LogP contribution >= 0.6 is 0 Å². The van der Waals surface area contributed by atoms with Gasteiger partial charge in [0.15, 0.2) is 0 Å². The molecule has 0 atom stereocenters. The van der Waals surface area contributed by atoms with Crippen molar-refractivity contribution in [2.75, 3.05) is 10.6 Å². The van der Waals surface area contributed by atoms with Gasteiger partial charge in [-0.05, 0) is 80.4 Å². The number of anilines is 2. The average molecular weight is 412 g/mol. The lowest BCUT2D eigenvalue weighted by Crippen LogP contribution is -2.13. The van der Waals surface area contributed by atoms with Crippen molar-refractivity contribution in [2.24, 2.45) is 0 Å². The lowest BCUT2D eigenvalue weighted by molar-refractivity contribution is -0.114. The predicted molar refractivity (Wildman–Crippen MR) is 123 cm³/mol. The first-order valence-corrected chi connectivity index (χ1v) is 9.85. The molecule has 2 amide bonds. The zero-order chi connectivity index (χ0) is 22.5. The molecule has 1 heterocycles. The van der Waals surface area contributed by atoms with Crippen molar-refractivity contribution < 1.29 is 9.59 Å². The van der Waals surface area contributed by atoms with E-state index in [-0.39, 0.29) is 11.5 Å². The van der Waals surface area contributed by atoms with Gasteiger partial charge >= 0.3 is 0 Å². The first kappa shape index (κ1) is 21.6. The van der Waals surface area contributed by atoms with Crippen molar-refractivity contribution in [2.45, 2.75) is 27.7 Å². The van der Waals surface area contributed by atoms with Crippen molar-refractivity contribution in [3.63, 3.8) is 0 Å². The Morgan fingerprint density at radius 1 is 0.968 bits per heavy atom. The Hall–Kier alpha value is -4.11. The first-order chi connectivity index (χ1) is 14.8. The van der Waals surface area contributed by atoms with E-state index in [1.165, 1.54) is 6.92 Å². The van der Waals surface area contributed by atoms with Crippen LogP contribution in [0.4, 0.5) is 11.4 Å². The third-order valence-corrected chi connectivity index (χ3v) is 4.86. The summed E-state index contributed by atoms with van der Waals surface area (Å²) >= 11 is 0. The van der Waals surface area contributed by atoms with Crippen molar-refractivity contribution in [1.82, 2.24) is 4.57 Å². The zero-order valence-corrected chi connectivity index (χ0v) is 18.0. The van der Waals surface area contributed by atoms with Crippen molar-refractivity contribution in [3.05, 3.63) is 82.7 Å². The predicted octanol–water partition coefficient (Wildman–Crippen LogP) is 4.91. The molecule has 0 unspecified atom stereocenters. The van der Waals surface area contributed by atoms with Gasteiger partial charge in [-0.15, -0.1) is 0 Å². The minimum absolute atomic E-state index is 0.0303. The molecule has 3 rings (SSSR count). The molecule has 0 saturated carbocycles. The Kier molecular flexibility index (Phi) is 6.37. The number of benzene rings is 2. The van der Waals surface area contributed by atoms with E-state index in [1.807, 2.05) is 79.9 Å². The number of carbonyl (C=O) groups excluding carboxylic acids is 2. The second-order valence-corrected chi connectivity index (χ2v) is 7.38. The summed E-state index contributed by atoms with van der Waals surface area (Å²) in [5.74, 6) is -0.570. The highest BCUT2D eigenvalue weighted by Crippen LogP contribution is 2.24. The minimum atomic E-state index is -0.447. The molecule has 0 fully saturated rings. The van der Waals surface area contributed by atoms with Gasteiger partial charge in [-0.25, -0.2) is 0 Å². The molecule has 3 aromatic rings. The summed E-state index contributed by atoms with van der Waals surface area (Å²) in [5, 5.41) is 15.1. The first-order valence-electron chi connectivity index (χ1n) is 9.85. The van der Waals surface area contributed by atoms with Gasteiger partial charge in [0.2, 0.25) is 5.91 Å². The van der Waals surface area contributed by atoms with E-state index >= 15 is 0 Å². The maximum Gasteiger partial charge on any atom is 0.266 e. The minimum Gasteiger partial charge on any atom is -0.326 e. The number of nitrogens with zero attached hydrogens (tertiary/aromatic N) is 2. The largest absolute Gasteiger partial charge is 0.326 e. The smallest absolute Gasteiger partial charge is 0.266 e. The van der Waals surface area contributed by atoms with E-state index in [9.17, 15) is 14.9 Å². The van der Waals surface area contributed by atoms with Crippen LogP contribution in [0.1, 0.15) is 29.4 Å². The van der Waals surface area contributed by atoms with E-state index in [2.05, 4.69) is 10.6 Å². The van der Waals surface area contributed by atoms with Crippen LogP contribution in [-0.4, -0.2) is 16.4 Å². The molecule has 31 heavy (non-hydrogen) atoms. The van der Waals surface area contributed by atoms with E-state index < -0.39 is 5.91 Å². The third kappa shape index (κ3) is 5.09. The fraction of sp³-hybridized carbons (Fsp3) is 0.160. The van der Waals surface area contributed by atoms with Crippen LogP contribution in [0.5, 0.6) is 0 Å². The van der Waals surface area contributed by atoms with Gasteiger partial charge in [0.25, 0.3) is 5.91 Å². The Labute approximate surface area is 181 Å². The molecule has 6 nitrogen and oxygen atoms in total. The van der Waals surface area contributed by atoms with Crippen LogP contribution in [0.15, 0.2) is 60.2 Å². The van der Waals surface area contributed by atoms with Crippen LogP contribution < -0.4 is 10.6 Å². The quantitative estimate of drug-likeness (QED) is 0.461. The fourth-order valence-corrected chi connectivity index (χ4v) is 3.45. The van der Waals surface area contributed by atoms with Crippen molar-refractivity contribution >= 4 is 29.3 Å². The normalized spacial score (nSPS) is 11.0. The lowest BCUT2D eigenvalue weighted by Gasteiger charge is -2.11. The van der Waals surface area contributed by atoms with Gasteiger partial charge in [0, 0.05) is 35.4 Å². The molecular formula is C25H24N4O2. The van der Waals surface area contributed by atoms with Gasteiger partial charge in [-0.1, -0.05) is 12.1 Å². The van der Waals surface area contributed by atoms with Crippen molar-refractivity contribution in [1.29, 1.82) is 5.26 Å². The number of nitriles is 1. The summed E-state index contributed by atoms with van der Waals surface area (Å²) in [7, 11) is 0. The molecule has 0 saturated heterocycles. The molecule has 0 aliphatic rings. The van der Waals surface area contributed by atoms with Gasteiger partial charge in [0.05, 0.1) is 0 Å². The molecule has 156 valence electrons. The monoisotopic (exact) mass is 412 g/mol. The molecular weight excluding hydrogens is 388 g/mol. The van der Waals surface area contributed by atoms with Crippen LogP contribution in [0.25, 0.3) is 11.8 Å². The number of hydrogen-bond acceptors (Lipinski definition) is 3. The van der Waals surface area contributed by atoms with Crippen LogP contribution in [0.2, 0.25) is 0 Å². The van der Waals surface area contributed by atoms with Crippen molar-refractivity contribution in [3.8, 4) is 11.8 Å². The molecule has 0 bridgehead atoms. The summed E-state index contributed by atoms with van der Waals surface area (Å²) < 4.78 is 2.04. The topological polar surface area (TPSA) is 86.9 Å². The van der Waals surface area contributed by atoms with Gasteiger partial charge in [-0.2, -0.15) is 5.26 Å². The second-order valence-electron chi connectivity index (χ2n) is 7.38. The van der Waals surface area contributed by atoms with Gasteiger partial charge in [-0.3, -0.25) is 9.59 Å². The number of aryl methyl sites for hydroxylation is 2. The molecule has 0 aliphatic carbocycles. The maximum atomic E-state index is 12.6. The van der Waals surface area contributed by atoms with Gasteiger partial charge < -0.3 is 15.2 Å². The molecule has 0 aliphatic heterocycles. The van der Waals surface area contributed by atoms with Crippen LogP contribution in [-0.2, 0) is 9.59 Å². The molecule has 0 radical (unpaired) electrons. The van der Waals surface area contributed by atoms with E-state index in [0.717, 1.165) is 33.9 Å². The number of nitrogens with one attached hydrogen (secondary N) is 2. The molecule has 0 spiro atoms. The Morgan fingerprint density at radius 2 is 1.68 bits per heavy atom. The Balaban J connectivity index is 1.89. The fourth-order valence-electron chi connectivity index (χ4n) is 3.45. The highest BCUT2D eigenvalue weighted by atomic mass is 16.2. The Bertz CT molecular complexity index is 1210. The lowest BCUT2D eigenvalue weighted by atomic mass is 10.1. The number of aromatic nitrogens is 1. The van der Waals surface area contributed by atoms with Crippen LogP contribution in [0.3, 0.4) is 0 Å². The number of carbonyl (C=O) groups is 2. The maximum absolute atomic E-state index is 12.6. The third-order valence-electron chi connectivity index (χ3n) is 4.86. The summed E-state index contributed by atoms with van der Waals surface area (Å²) in [6.45, 7) is 7.31. The molecule has 2 aromatic carbocycles. The van der Waals surface area contributed by atoms with E-state index in [4.69, 9.17) is 0 Å². The second kappa shape index (κ2) is 9.14. The average Bonchev–Trinajstić information content (AvgIpc) is 2.99. The standard InChI is InChI=1S/C25H24N4O2/c1-16-6-5-7-23(12-16)28-25(31)21(15-26)14-20-13-17(2)29(18(20)3)24-10-8-22(9-11-24)27-19(4)30/h5-14H,1-4H3,(H,27,30)(H,28,31). The van der Waals surface area contributed by atoms with Gasteiger partial charge in [0.1, 0.15) is 11.6 Å². The Morgan fingerprint density at radius 3 is 2.29 bits per heavy atom. The number of amides is 2. The molecule has 1 aromatic heterocycles. The highest BCUT2D eigenvalue weighted by molar-refractivity contribution is 6.09. The highest BCUT2D eigenvalue weighted by Gasteiger charge is 2.14. The zero-order valence-electron chi connectivity index (χ0n) is 18.0. The summed E-state index contributed by atoms with van der Waals surface area (Å²) in [5.41, 5.74) is 6.00. The summed E-state index contributed by atoms with van der Waals surface area (Å²) in [6, 6.07) is 18.9. The SMILES string of the molecule is CC(=O)Nc1ccc(-n2c(C)cc(C=C(C#N)C(=O)Nc3cccc(C)c3)c2C)cc1. The number of rotatable bonds is 5. The molecule has 2 N–H and O–H groups in total. The number of hydrogen-bond donors (Lipinski definition) is 2.